The summed E-state index contributed by atoms with van der Waals surface area (Å²) in [4.78, 5) is 0. The van der Waals surface area contributed by atoms with Crippen molar-refractivity contribution in [3.63, 3.8) is 0 Å². The predicted octanol–water partition coefficient (Wildman–Crippen LogP) is 7.11. The average Bonchev–Trinajstić information content (AvgIpc) is 2.92. The van der Waals surface area contributed by atoms with Crippen LogP contribution < -0.4 is 4.57 Å². The van der Waals surface area contributed by atoms with Crippen molar-refractivity contribution in [1.82, 2.24) is 0 Å². The molecule has 1 heteroatoms. The van der Waals surface area contributed by atoms with Crippen LogP contribution >= 0.6 is 0 Å². The zero-order chi connectivity index (χ0) is 20.3. The van der Waals surface area contributed by atoms with Crippen molar-refractivity contribution in [3.05, 3.63) is 78.0 Å². The van der Waals surface area contributed by atoms with Crippen LogP contribution in [0.15, 0.2) is 66.9 Å². The van der Waals surface area contributed by atoms with Crippen molar-refractivity contribution in [1.29, 1.82) is 0 Å². The van der Waals surface area contributed by atoms with E-state index in [4.69, 9.17) is 0 Å². The van der Waals surface area contributed by atoms with E-state index in [0.717, 1.165) is 12.8 Å². The first-order valence-corrected chi connectivity index (χ1v) is 11.4. The Hall–Kier alpha value is -2.41. The van der Waals surface area contributed by atoms with E-state index >= 15 is 0 Å². The van der Waals surface area contributed by atoms with Crippen molar-refractivity contribution < 1.29 is 4.57 Å². The van der Waals surface area contributed by atoms with Gasteiger partial charge in [0.2, 0.25) is 5.69 Å². The van der Waals surface area contributed by atoms with Crippen LogP contribution in [0, 0.1) is 0 Å². The number of aromatic nitrogens is 1. The van der Waals surface area contributed by atoms with Gasteiger partial charge in [-0.3, -0.25) is 0 Å². The molecule has 0 saturated carbocycles. The molecule has 0 N–H and O–H groups in total. The SMILES string of the molecule is CCCCc1ccc2c(c1)CCC(CC)(CC)[n+]1cc(-c3ccccc3)ccc1-2. The highest BCUT2D eigenvalue weighted by Crippen LogP contribution is 2.36. The molecule has 0 unspecified atom stereocenters. The lowest BCUT2D eigenvalue weighted by atomic mass is 9.86. The number of hydrogen-bond donors (Lipinski definition) is 0. The monoisotopic (exact) mass is 384 g/mol. The Morgan fingerprint density at radius 2 is 1.66 bits per heavy atom. The Kier molecular flexibility index (Phi) is 5.85. The molecule has 4 rings (SSSR count). The number of nitrogens with zero attached hydrogens (tertiary/aromatic N) is 1. The van der Waals surface area contributed by atoms with Crippen LogP contribution in [-0.4, -0.2) is 0 Å². The Morgan fingerprint density at radius 3 is 2.38 bits per heavy atom. The molecule has 150 valence electrons. The van der Waals surface area contributed by atoms with Gasteiger partial charge in [-0.25, -0.2) is 0 Å². The highest BCUT2D eigenvalue weighted by atomic mass is 15.1. The third-order valence-corrected chi connectivity index (χ3v) is 7.01. The molecule has 0 fully saturated rings. The fourth-order valence-corrected chi connectivity index (χ4v) is 4.99. The minimum absolute atomic E-state index is 0.183. The molecule has 0 spiro atoms. The molecule has 3 aromatic rings. The molecule has 0 bridgehead atoms. The maximum Gasteiger partial charge on any atom is 0.213 e. The smallest absolute Gasteiger partial charge is 0.192 e. The van der Waals surface area contributed by atoms with E-state index in [1.807, 2.05) is 0 Å². The zero-order valence-corrected chi connectivity index (χ0v) is 18.2. The molecule has 29 heavy (non-hydrogen) atoms. The summed E-state index contributed by atoms with van der Waals surface area (Å²) in [6.07, 6.45) is 10.8. The summed E-state index contributed by atoms with van der Waals surface area (Å²) in [5, 5.41) is 0. The second-order valence-corrected chi connectivity index (χ2v) is 8.57. The zero-order valence-electron chi connectivity index (χ0n) is 18.2. The van der Waals surface area contributed by atoms with Crippen molar-refractivity contribution in [3.8, 4) is 22.4 Å². The van der Waals surface area contributed by atoms with Crippen LogP contribution in [0.1, 0.15) is 64.0 Å². The lowest BCUT2D eigenvalue weighted by molar-refractivity contribution is -0.756. The van der Waals surface area contributed by atoms with E-state index < -0.39 is 0 Å². The Labute approximate surface area is 176 Å². The van der Waals surface area contributed by atoms with Gasteiger partial charge in [0.1, 0.15) is 0 Å². The van der Waals surface area contributed by atoms with Gasteiger partial charge in [-0.05, 0) is 48.1 Å². The topological polar surface area (TPSA) is 3.88 Å². The highest BCUT2D eigenvalue weighted by molar-refractivity contribution is 5.67. The molecule has 2 heterocycles. The van der Waals surface area contributed by atoms with Gasteiger partial charge >= 0.3 is 0 Å². The summed E-state index contributed by atoms with van der Waals surface area (Å²) in [7, 11) is 0. The van der Waals surface area contributed by atoms with E-state index in [-0.39, 0.29) is 5.54 Å². The Balaban J connectivity index is 1.86. The average molecular weight is 385 g/mol. The second kappa shape index (κ2) is 8.53. The third-order valence-electron chi connectivity index (χ3n) is 7.01. The minimum atomic E-state index is 0.183. The number of fused-ring (bicyclic) bond motifs is 3. The summed E-state index contributed by atoms with van der Waals surface area (Å²) in [6.45, 7) is 6.99. The van der Waals surface area contributed by atoms with Crippen LogP contribution in [0.3, 0.4) is 0 Å². The summed E-state index contributed by atoms with van der Waals surface area (Å²) in [5.41, 5.74) is 8.62. The van der Waals surface area contributed by atoms with Gasteiger partial charge in [0, 0.05) is 36.5 Å². The van der Waals surface area contributed by atoms with Crippen molar-refractivity contribution in [2.45, 2.75) is 71.3 Å². The number of pyridine rings is 1. The van der Waals surface area contributed by atoms with E-state index in [1.54, 1.807) is 0 Å². The van der Waals surface area contributed by atoms with Crippen LogP contribution in [0.5, 0.6) is 0 Å². The van der Waals surface area contributed by atoms with Gasteiger partial charge in [-0.15, -0.1) is 0 Å². The number of benzene rings is 2. The second-order valence-electron chi connectivity index (χ2n) is 8.57. The number of rotatable bonds is 6. The molecule has 0 saturated heterocycles. The highest BCUT2D eigenvalue weighted by Gasteiger charge is 2.41. The van der Waals surface area contributed by atoms with Crippen LogP contribution in [-0.2, 0) is 18.4 Å². The number of unbranched alkanes of at least 4 members (excludes halogenated alkanes) is 1. The Morgan fingerprint density at radius 1 is 0.862 bits per heavy atom. The Bertz CT molecular complexity index is 967. The fraction of sp³-hybridized carbons (Fsp3) is 0.393. The molecule has 2 aromatic carbocycles. The van der Waals surface area contributed by atoms with Crippen LogP contribution in [0.2, 0.25) is 0 Å². The van der Waals surface area contributed by atoms with Crippen molar-refractivity contribution >= 4 is 0 Å². The third kappa shape index (κ3) is 3.75. The van der Waals surface area contributed by atoms with Gasteiger partial charge in [-0.1, -0.05) is 69.7 Å². The first-order chi connectivity index (χ1) is 14.2. The largest absolute Gasteiger partial charge is 0.213 e. The molecular formula is C28H34N+. The minimum Gasteiger partial charge on any atom is -0.192 e. The lowest BCUT2D eigenvalue weighted by Gasteiger charge is -2.26. The van der Waals surface area contributed by atoms with Gasteiger partial charge < -0.3 is 0 Å². The molecule has 1 aromatic heterocycles. The number of hydrogen-bond acceptors (Lipinski definition) is 0. The lowest BCUT2D eigenvalue weighted by Crippen LogP contribution is -2.56. The molecule has 0 atom stereocenters. The summed E-state index contributed by atoms with van der Waals surface area (Å²) < 4.78 is 2.62. The van der Waals surface area contributed by atoms with E-state index in [1.165, 1.54) is 65.6 Å². The maximum absolute atomic E-state index is 2.62. The quantitative estimate of drug-likeness (QED) is 0.399. The van der Waals surface area contributed by atoms with Gasteiger partial charge in [-0.2, -0.15) is 4.57 Å². The maximum atomic E-state index is 2.62. The normalized spacial score (nSPS) is 14.7. The van der Waals surface area contributed by atoms with Gasteiger partial charge in [0.25, 0.3) is 0 Å². The van der Waals surface area contributed by atoms with Crippen LogP contribution in [0.4, 0.5) is 0 Å². The predicted molar refractivity (Wildman–Crippen MR) is 123 cm³/mol. The standard InChI is InChI=1S/C28H34N/c1-4-7-11-22-14-16-26-24(20-22)18-19-28(5-2,6-3)29-21-25(15-17-27(26)29)23-12-9-8-10-13-23/h8-10,12-17,20-21H,4-7,11,18-19H2,1-3H3/q+1. The molecule has 0 aliphatic carbocycles. The first-order valence-electron chi connectivity index (χ1n) is 11.4. The van der Waals surface area contributed by atoms with Crippen molar-refractivity contribution in [2.24, 2.45) is 0 Å². The molecule has 1 aliphatic heterocycles. The fourth-order valence-electron chi connectivity index (χ4n) is 4.99. The van der Waals surface area contributed by atoms with Gasteiger partial charge in [0.15, 0.2) is 11.7 Å². The molecule has 1 nitrogen and oxygen atoms in total. The molecule has 1 aliphatic rings. The van der Waals surface area contributed by atoms with Crippen LogP contribution in [0.25, 0.3) is 22.4 Å². The number of aryl methyl sites for hydroxylation is 2. The van der Waals surface area contributed by atoms with Crippen molar-refractivity contribution in [2.75, 3.05) is 0 Å². The molecule has 0 radical (unpaired) electrons. The summed E-state index contributed by atoms with van der Waals surface area (Å²) in [5.74, 6) is 0. The van der Waals surface area contributed by atoms with E-state index in [2.05, 4.69) is 92.2 Å². The van der Waals surface area contributed by atoms with E-state index in [0.29, 0.717) is 0 Å². The summed E-state index contributed by atoms with van der Waals surface area (Å²) >= 11 is 0. The first kappa shape index (κ1) is 19.9. The van der Waals surface area contributed by atoms with Gasteiger partial charge in [0.05, 0.1) is 0 Å². The molecular weight excluding hydrogens is 350 g/mol. The molecule has 0 amide bonds. The van der Waals surface area contributed by atoms with E-state index in [9.17, 15) is 0 Å². The summed E-state index contributed by atoms with van der Waals surface area (Å²) in [6, 6.07) is 22.7.